The van der Waals surface area contributed by atoms with Gasteiger partial charge in [-0.25, -0.2) is 0 Å². The first-order valence-electron chi connectivity index (χ1n) is 10.4. The van der Waals surface area contributed by atoms with E-state index in [1.807, 2.05) is 0 Å². The van der Waals surface area contributed by atoms with E-state index in [0.717, 1.165) is 38.7 Å². The van der Waals surface area contributed by atoms with Gasteiger partial charge >= 0.3 is 0 Å². The molecule has 0 aliphatic carbocycles. The monoisotopic (exact) mass is 396 g/mol. The fraction of sp³-hybridized carbons (Fsp3) is 0.520. The molecular weight excluding hydrogens is 359 g/mol. The molecule has 0 aliphatic heterocycles. The molecule has 0 atom stereocenters. The van der Waals surface area contributed by atoms with Crippen LogP contribution in [0.4, 0.5) is 0 Å². The summed E-state index contributed by atoms with van der Waals surface area (Å²) < 4.78 is 0.104. The van der Waals surface area contributed by atoms with Gasteiger partial charge in [-0.05, 0) is 51.7 Å². The molecule has 2 aromatic carbocycles. The van der Waals surface area contributed by atoms with Crippen LogP contribution in [0.25, 0.3) is 0 Å². The second-order valence-corrected chi connectivity index (χ2v) is 12.7. The molecule has 0 spiro atoms. The average Bonchev–Trinajstić information content (AvgIpc) is 2.54. The smallest absolute Gasteiger partial charge is 0.254 e. The Labute approximate surface area is 177 Å². The van der Waals surface area contributed by atoms with Crippen molar-refractivity contribution in [3.63, 3.8) is 0 Å². The van der Waals surface area contributed by atoms with Gasteiger partial charge in [0.2, 0.25) is 0 Å². The van der Waals surface area contributed by atoms with Gasteiger partial charge in [0.25, 0.3) is 15.2 Å². The Morgan fingerprint density at radius 3 is 1.39 bits per heavy atom. The van der Waals surface area contributed by atoms with Crippen LogP contribution in [-0.4, -0.2) is 25.4 Å². The van der Waals surface area contributed by atoms with Crippen molar-refractivity contribution in [1.29, 1.82) is 0 Å². The fourth-order valence-corrected chi connectivity index (χ4v) is 5.88. The SMILES string of the molecule is C[CH2][AlH][CH](c1cc(C)cc(C(C)(C)C)c1O)c1cc(C)cc(C(C)(C)C)c1O. The predicted molar refractivity (Wildman–Crippen MR) is 123 cm³/mol. The van der Waals surface area contributed by atoms with Crippen LogP contribution in [0.1, 0.15) is 86.6 Å². The van der Waals surface area contributed by atoms with Crippen LogP contribution in [0, 0.1) is 13.8 Å². The van der Waals surface area contributed by atoms with Gasteiger partial charge in [0, 0.05) is 0 Å². The molecule has 0 unspecified atom stereocenters. The minimum absolute atomic E-state index is 0.104. The third-order valence-corrected chi connectivity index (χ3v) is 7.55. The lowest BCUT2D eigenvalue weighted by Gasteiger charge is -2.29. The molecule has 2 N–H and O–H groups in total. The van der Waals surface area contributed by atoms with Gasteiger partial charge in [-0.3, -0.25) is 0 Å². The van der Waals surface area contributed by atoms with Crippen LogP contribution in [0.2, 0.25) is 5.28 Å². The standard InChI is InChI=1S/C23H31O2.C2H5.Al.H/c1-14-9-16(20(24)18(11-14)22(3,4)5)13-17-10-15(2)12-19(21(17)25)23(6,7)8;1-2;;/h9-13,24-25H,1-8H3;1H2,2H3;;. The summed E-state index contributed by atoms with van der Waals surface area (Å²) in [6.07, 6.45) is 0. The molecule has 0 fully saturated rings. The van der Waals surface area contributed by atoms with Crippen molar-refractivity contribution in [3.8, 4) is 11.5 Å². The minimum Gasteiger partial charge on any atom is -0.507 e. The van der Waals surface area contributed by atoms with Crippen LogP contribution in [-0.2, 0) is 10.8 Å². The third-order valence-electron chi connectivity index (χ3n) is 5.51. The fourth-order valence-electron chi connectivity index (χ4n) is 4.06. The quantitative estimate of drug-likeness (QED) is 0.598. The lowest BCUT2D eigenvalue weighted by molar-refractivity contribution is 0.434. The number of phenolic OH excluding ortho intramolecular Hbond substituents is 2. The molecule has 2 rings (SSSR count). The van der Waals surface area contributed by atoms with Gasteiger partial charge in [0.1, 0.15) is 11.5 Å². The van der Waals surface area contributed by atoms with E-state index in [-0.39, 0.29) is 15.6 Å². The average molecular weight is 397 g/mol. The third kappa shape index (κ3) is 4.76. The Hall–Kier alpha value is -1.43. The summed E-state index contributed by atoms with van der Waals surface area (Å²) in [5.41, 5.74) is 6.01. The summed E-state index contributed by atoms with van der Waals surface area (Å²) in [5.74, 6) is 0.810. The lowest BCUT2D eigenvalue weighted by atomic mass is 9.81. The first-order chi connectivity index (χ1) is 12.8. The van der Waals surface area contributed by atoms with E-state index < -0.39 is 15.2 Å². The first kappa shape index (κ1) is 22.9. The maximum absolute atomic E-state index is 11.2. The molecule has 0 heterocycles. The number of benzene rings is 2. The number of hydrogen-bond donors (Lipinski definition) is 2. The molecule has 152 valence electrons. The van der Waals surface area contributed by atoms with E-state index in [4.69, 9.17) is 0 Å². The normalized spacial score (nSPS) is 12.5. The summed E-state index contributed by atoms with van der Waals surface area (Å²) in [4.78, 5) is 0. The molecule has 3 heteroatoms. The Balaban J connectivity index is 2.79. The number of phenols is 2. The number of rotatable bonds is 4. The van der Waals surface area contributed by atoms with E-state index in [1.165, 1.54) is 0 Å². The number of aryl methyl sites for hydroxylation is 2. The largest absolute Gasteiger partial charge is 0.507 e. The zero-order valence-electron chi connectivity index (χ0n) is 19.2. The van der Waals surface area contributed by atoms with Gasteiger partial charge in [0.15, 0.2) is 0 Å². The van der Waals surface area contributed by atoms with Crippen LogP contribution in [0.3, 0.4) is 0 Å². The van der Waals surface area contributed by atoms with Crippen LogP contribution in [0.15, 0.2) is 24.3 Å². The van der Waals surface area contributed by atoms with E-state index >= 15 is 0 Å². The minimum atomic E-state index is -0.575. The first-order valence-corrected chi connectivity index (χ1v) is 12.3. The van der Waals surface area contributed by atoms with Gasteiger partial charge in [-0.15, -0.1) is 0 Å². The molecule has 0 amide bonds. The molecule has 0 bridgehead atoms. The molecule has 0 radical (unpaired) electrons. The number of hydrogen-bond acceptors (Lipinski definition) is 2. The summed E-state index contributed by atoms with van der Waals surface area (Å²) in [7, 11) is 0. The van der Waals surface area contributed by atoms with Gasteiger partial charge in [0.05, 0.1) is 0 Å². The molecule has 28 heavy (non-hydrogen) atoms. The van der Waals surface area contributed by atoms with Crippen LogP contribution < -0.4 is 0 Å². The van der Waals surface area contributed by atoms with Gasteiger partial charge < -0.3 is 10.2 Å². The number of aromatic hydroxyl groups is 2. The second-order valence-electron chi connectivity index (χ2n) is 10.3. The van der Waals surface area contributed by atoms with E-state index in [1.54, 1.807) is 0 Å². The molecular formula is C25H37AlO2. The Morgan fingerprint density at radius 2 is 1.11 bits per heavy atom. The zero-order chi connectivity index (χ0) is 21.4. The van der Waals surface area contributed by atoms with Gasteiger partial charge in [-0.1, -0.05) is 89.1 Å². The van der Waals surface area contributed by atoms with Crippen LogP contribution in [0.5, 0.6) is 11.5 Å². The molecule has 0 aromatic heterocycles. The van der Waals surface area contributed by atoms with E-state index in [0.29, 0.717) is 11.5 Å². The summed E-state index contributed by atoms with van der Waals surface area (Å²) in [5, 5.41) is 23.6. The Bertz CT molecular complexity index is 785. The molecule has 2 nitrogen and oxygen atoms in total. The summed E-state index contributed by atoms with van der Waals surface area (Å²) in [6, 6.07) is 8.44. The molecule has 2 aromatic rings. The highest BCUT2D eigenvalue weighted by atomic mass is 27.1. The highest BCUT2D eigenvalue weighted by Crippen LogP contribution is 2.44. The van der Waals surface area contributed by atoms with Crippen LogP contribution >= 0.6 is 0 Å². The molecule has 0 saturated carbocycles. The molecule has 0 saturated heterocycles. The van der Waals surface area contributed by atoms with Crippen molar-refractivity contribution in [1.82, 2.24) is 0 Å². The predicted octanol–water partition coefficient (Wildman–Crippen LogP) is 6.27. The highest BCUT2D eigenvalue weighted by Gasteiger charge is 2.29. The van der Waals surface area contributed by atoms with Crippen molar-refractivity contribution < 1.29 is 10.2 Å². The highest BCUT2D eigenvalue weighted by molar-refractivity contribution is 6.39. The van der Waals surface area contributed by atoms with Crippen molar-refractivity contribution in [2.24, 2.45) is 0 Å². The lowest BCUT2D eigenvalue weighted by Crippen LogP contribution is -2.18. The van der Waals surface area contributed by atoms with E-state index in [9.17, 15) is 10.2 Å². The van der Waals surface area contributed by atoms with Crippen molar-refractivity contribution >= 4 is 15.2 Å². The van der Waals surface area contributed by atoms with Crippen molar-refractivity contribution in [2.45, 2.75) is 83.2 Å². The second kappa shape index (κ2) is 8.13. The van der Waals surface area contributed by atoms with Crippen molar-refractivity contribution in [3.05, 3.63) is 57.6 Å². The van der Waals surface area contributed by atoms with Gasteiger partial charge in [-0.2, -0.15) is 0 Å². The van der Waals surface area contributed by atoms with E-state index in [2.05, 4.69) is 86.6 Å². The molecule has 0 aliphatic rings. The maximum Gasteiger partial charge on any atom is 0.254 e. The van der Waals surface area contributed by atoms with Crippen molar-refractivity contribution in [2.75, 3.05) is 0 Å². The maximum atomic E-state index is 11.2. The summed E-state index contributed by atoms with van der Waals surface area (Å²) in [6.45, 7) is 19.2. The topological polar surface area (TPSA) is 40.5 Å². The zero-order valence-corrected chi connectivity index (χ0v) is 20.6. The summed E-state index contributed by atoms with van der Waals surface area (Å²) >= 11 is -0.575. The Kier molecular flexibility index (Phi) is 6.64. The Morgan fingerprint density at radius 1 is 0.750 bits per heavy atom.